The molecule has 0 bridgehead atoms. The summed E-state index contributed by atoms with van der Waals surface area (Å²) in [5, 5.41) is 4.25. The first-order valence-electron chi connectivity index (χ1n) is 8.21. The van der Waals surface area contributed by atoms with Crippen molar-refractivity contribution in [1.82, 2.24) is 10.2 Å². The minimum Gasteiger partial charge on any atom is -0.333 e. The Hall–Kier alpha value is -1.01. The predicted molar refractivity (Wildman–Crippen MR) is 116 cm³/mol. The average molecular weight is 451 g/mol. The molecular weight excluding hydrogens is 428 g/mol. The Morgan fingerprint density at radius 1 is 1.15 bits per heavy atom. The molecule has 1 aliphatic rings. The number of nitrogens with zero attached hydrogens (tertiary/aromatic N) is 1. The number of rotatable bonds is 5. The molecule has 0 unspecified atom stereocenters. The Bertz CT molecular complexity index is 801. The molecule has 2 aromatic rings. The van der Waals surface area contributed by atoms with E-state index in [0.717, 1.165) is 12.1 Å². The number of hydrogen-bond acceptors (Lipinski definition) is 3. The van der Waals surface area contributed by atoms with E-state index >= 15 is 0 Å². The summed E-state index contributed by atoms with van der Waals surface area (Å²) in [6.07, 6.45) is 0.396. The molecule has 0 radical (unpaired) electrons. The molecule has 0 saturated heterocycles. The monoisotopic (exact) mass is 449 g/mol. The van der Waals surface area contributed by atoms with Crippen molar-refractivity contribution in [1.29, 1.82) is 0 Å². The van der Waals surface area contributed by atoms with E-state index in [0.29, 0.717) is 29.6 Å². The summed E-state index contributed by atoms with van der Waals surface area (Å²) in [5.41, 5.74) is 10.6. The third kappa shape index (κ3) is 5.74. The fourth-order valence-corrected chi connectivity index (χ4v) is 3.65. The highest BCUT2D eigenvalue weighted by Crippen LogP contribution is 2.26. The number of halogens is 4. The Morgan fingerprint density at radius 3 is 2.52 bits per heavy atom. The molecule has 0 aromatic heterocycles. The van der Waals surface area contributed by atoms with Crippen LogP contribution in [-0.4, -0.2) is 23.9 Å². The van der Waals surface area contributed by atoms with Gasteiger partial charge < -0.3 is 16.0 Å². The molecule has 1 heterocycles. The van der Waals surface area contributed by atoms with Crippen LogP contribution in [0.3, 0.4) is 0 Å². The molecule has 0 spiro atoms. The maximum atomic E-state index is 12.7. The lowest BCUT2D eigenvalue weighted by molar-refractivity contribution is -0.133. The second-order valence-electron chi connectivity index (χ2n) is 6.37. The second kappa shape index (κ2) is 10.5. The van der Waals surface area contributed by atoms with Gasteiger partial charge in [-0.2, -0.15) is 0 Å². The van der Waals surface area contributed by atoms with Crippen LogP contribution in [0.15, 0.2) is 36.4 Å². The van der Waals surface area contributed by atoms with Gasteiger partial charge in [0.1, 0.15) is 0 Å². The highest BCUT2D eigenvalue weighted by molar-refractivity contribution is 6.35. The predicted octanol–water partition coefficient (Wildman–Crippen LogP) is 3.97. The first-order chi connectivity index (χ1) is 12.0. The Balaban J connectivity index is 0.00000182. The fourth-order valence-electron chi connectivity index (χ4n) is 3.16. The molecule has 3 rings (SSSR count). The zero-order chi connectivity index (χ0) is 18.0. The van der Waals surface area contributed by atoms with Crippen LogP contribution in [0.4, 0.5) is 0 Å². The standard InChI is InChI=1S/C19H21Cl2N3O.2ClH/c1-23-9-12-2-3-14-10-24(11-15(14)6-12)19(25)18(22)7-13-4-5-16(20)8-17(13)21;;/h2-6,8,18,23H,7,9-11,22H2,1H3;2*1H/t18-;;/m1../s1. The summed E-state index contributed by atoms with van der Waals surface area (Å²) in [7, 11) is 1.92. The Kier molecular flexibility index (Phi) is 9.35. The highest BCUT2D eigenvalue weighted by atomic mass is 35.5. The van der Waals surface area contributed by atoms with Gasteiger partial charge in [-0.3, -0.25) is 4.79 Å². The van der Waals surface area contributed by atoms with Gasteiger partial charge in [0.15, 0.2) is 0 Å². The van der Waals surface area contributed by atoms with Gasteiger partial charge in [-0.15, -0.1) is 24.8 Å². The van der Waals surface area contributed by atoms with Gasteiger partial charge in [0.2, 0.25) is 5.91 Å². The minimum absolute atomic E-state index is 0. The van der Waals surface area contributed by atoms with Crippen LogP contribution in [0.1, 0.15) is 22.3 Å². The SMILES string of the molecule is CNCc1ccc2c(c1)CN(C(=O)[C@H](N)Cc1ccc(Cl)cc1Cl)C2.Cl.Cl. The number of benzene rings is 2. The maximum absolute atomic E-state index is 12.7. The van der Waals surface area contributed by atoms with Crippen molar-refractivity contribution in [2.24, 2.45) is 5.73 Å². The first-order valence-corrected chi connectivity index (χ1v) is 8.97. The lowest BCUT2D eigenvalue weighted by Crippen LogP contribution is -2.42. The summed E-state index contributed by atoms with van der Waals surface area (Å²) in [5.74, 6) is -0.0580. The van der Waals surface area contributed by atoms with Gasteiger partial charge in [-0.1, -0.05) is 47.5 Å². The van der Waals surface area contributed by atoms with Crippen molar-refractivity contribution in [2.45, 2.75) is 32.1 Å². The van der Waals surface area contributed by atoms with Crippen LogP contribution >= 0.6 is 48.0 Å². The lowest BCUT2D eigenvalue weighted by atomic mass is 10.1. The van der Waals surface area contributed by atoms with Crippen LogP contribution in [0.2, 0.25) is 10.0 Å². The molecule has 3 N–H and O–H groups in total. The molecule has 1 amide bonds. The number of hydrogen-bond donors (Lipinski definition) is 2. The topological polar surface area (TPSA) is 58.4 Å². The van der Waals surface area contributed by atoms with E-state index in [9.17, 15) is 4.79 Å². The van der Waals surface area contributed by atoms with Gasteiger partial charge in [-0.25, -0.2) is 0 Å². The van der Waals surface area contributed by atoms with E-state index < -0.39 is 6.04 Å². The number of nitrogens with one attached hydrogen (secondary N) is 1. The quantitative estimate of drug-likeness (QED) is 0.724. The summed E-state index contributed by atoms with van der Waals surface area (Å²) in [6.45, 7) is 2.03. The molecule has 0 aliphatic carbocycles. The van der Waals surface area contributed by atoms with Crippen molar-refractivity contribution in [2.75, 3.05) is 7.05 Å². The molecule has 1 aliphatic heterocycles. The third-order valence-corrected chi connectivity index (χ3v) is 5.04. The van der Waals surface area contributed by atoms with Crippen molar-refractivity contribution in [3.8, 4) is 0 Å². The van der Waals surface area contributed by atoms with Crippen molar-refractivity contribution >= 4 is 53.9 Å². The fraction of sp³-hybridized carbons (Fsp3) is 0.316. The van der Waals surface area contributed by atoms with E-state index in [4.69, 9.17) is 28.9 Å². The molecule has 148 valence electrons. The molecule has 0 fully saturated rings. The second-order valence-corrected chi connectivity index (χ2v) is 7.22. The molecule has 8 heteroatoms. The molecular formula is C19H23Cl4N3O. The van der Waals surface area contributed by atoms with Crippen molar-refractivity contribution in [3.63, 3.8) is 0 Å². The van der Waals surface area contributed by atoms with Crippen LogP contribution < -0.4 is 11.1 Å². The van der Waals surface area contributed by atoms with Crippen molar-refractivity contribution in [3.05, 3.63) is 68.7 Å². The summed E-state index contributed by atoms with van der Waals surface area (Å²) in [6, 6.07) is 11.0. The minimum atomic E-state index is -0.621. The third-order valence-electron chi connectivity index (χ3n) is 4.46. The van der Waals surface area contributed by atoms with Gasteiger partial charge in [-0.05, 0) is 47.9 Å². The molecule has 2 aromatic carbocycles. The molecule has 0 saturated carbocycles. The van der Waals surface area contributed by atoms with Gasteiger partial charge >= 0.3 is 0 Å². The number of amides is 1. The van der Waals surface area contributed by atoms with E-state index in [1.807, 2.05) is 18.0 Å². The smallest absolute Gasteiger partial charge is 0.240 e. The maximum Gasteiger partial charge on any atom is 0.240 e. The molecule has 4 nitrogen and oxygen atoms in total. The number of carbonyl (C=O) groups excluding carboxylic acids is 1. The normalized spacial score (nSPS) is 13.4. The zero-order valence-electron chi connectivity index (χ0n) is 14.9. The zero-order valence-corrected chi connectivity index (χ0v) is 18.0. The van der Waals surface area contributed by atoms with E-state index in [1.165, 1.54) is 16.7 Å². The highest BCUT2D eigenvalue weighted by Gasteiger charge is 2.27. The lowest BCUT2D eigenvalue weighted by Gasteiger charge is -2.20. The summed E-state index contributed by atoms with van der Waals surface area (Å²) < 4.78 is 0. The number of fused-ring (bicyclic) bond motifs is 1. The van der Waals surface area contributed by atoms with Crippen LogP contribution in [0.25, 0.3) is 0 Å². The van der Waals surface area contributed by atoms with Crippen LogP contribution in [0.5, 0.6) is 0 Å². The summed E-state index contributed by atoms with van der Waals surface area (Å²) >= 11 is 12.1. The van der Waals surface area contributed by atoms with Gasteiger partial charge in [0.05, 0.1) is 6.04 Å². The van der Waals surface area contributed by atoms with Gasteiger partial charge in [0.25, 0.3) is 0 Å². The van der Waals surface area contributed by atoms with E-state index in [1.54, 1.807) is 12.1 Å². The largest absolute Gasteiger partial charge is 0.333 e. The Labute approximate surface area is 182 Å². The molecule has 1 atom stereocenters. The van der Waals surface area contributed by atoms with E-state index in [2.05, 4.69) is 23.5 Å². The number of carbonyl (C=O) groups is 1. The van der Waals surface area contributed by atoms with Crippen molar-refractivity contribution < 1.29 is 4.79 Å². The Morgan fingerprint density at radius 2 is 1.85 bits per heavy atom. The molecule has 27 heavy (non-hydrogen) atoms. The first kappa shape index (κ1) is 24.0. The summed E-state index contributed by atoms with van der Waals surface area (Å²) in [4.78, 5) is 14.5. The van der Waals surface area contributed by atoms with Gasteiger partial charge in [0, 0.05) is 29.7 Å². The average Bonchev–Trinajstić information content (AvgIpc) is 3.00. The van der Waals surface area contributed by atoms with Crippen LogP contribution in [0, 0.1) is 0 Å². The van der Waals surface area contributed by atoms with E-state index in [-0.39, 0.29) is 30.7 Å². The number of nitrogens with two attached hydrogens (primary N) is 1. The van der Waals surface area contributed by atoms with Crippen LogP contribution in [-0.2, 0) is 30.8 Å².